The zero-order chi connectivity index (χ0) is 17.4. The lowest BCUT2D eigenvalue weighted by Gasteiger charge is -2.35. The number of anilines is 1. The van der Waals surface area contributed by atoms with E-state index in [4.69, 9.17) is 0 Å². The topological polar surface area (TPSA) is 69.3 Å². The maximum absolute atomic E-state index is 13.8. The van der Waals surface area contributed by atoms with Gasteiger partial charge in [-0.25, -0.2) is 9.37 Å². The summed E-state index contributed by atoms with van der Waals surface area (Å²) in [6.07, 6.45) is 3.74. The van der Waals surface area contributed by atoms with E-state index in [1.54, 1.807) is 23.2 Å². The van der Waals surface area contributed by atoms with E-state index in [1.165, 1.54) is 6.07 Å². The molecule has 7 heteroatoms. The highest BCUT2D eigenvalue weighted by Crippen LogP contribution is 2.38. The van der Waals surface area contributed by atoms with Gasteiger partial charge < -0.3 is 14.8 Å². The Morgan fingerprint density at radius 3 is 2.56 bits per heavy atom. The maximum Gasteiger partial charge on any atom is 0.261 e. The molecule has 1 saturated heterocycles. The minimum atomic E-state index is -0.366. The number of rotatable bonds is 3. The fraction of sp³-hybridized carbons (Fsp3) is 0.389. The summed E-state index contributed by atoms with van der Waals surface area (Å²) in [4.78, 5) is 35.2. The average Bonchev–Trinajstić information content (AvgIpc) is 3.47. The van der Waals surface area contributed by atoms with Gasteiger partial charge in [0.15, 0.2) is 11.6 Å². The van der Waals surface area contributed by atoms with Gasteiger partial charge >= 0.3 is 0 Å². The molecule has 0 bridgehead atoms. The molecule has 3 heterocycles. The summed E-state index contributed by atoms with van der Waals surface area (Å²) >= 11 is 0. The van der Waals surface area contributed by atoms with Crippen molar-refractivity contribution in [2.45, 2.75) is 18.8 Å². The second-order valence-corrected chi connectivity index (χ2v) is 6.52. The first kappa shape index (κ1) is 15.8. The Morgan fingerprint density at radius 2 is 1.92 bits per heavy atom. The fourth-order valence-electron chi connectivity index (χ4n) is 3.19. The minimum Gasteiger partial charge on any atom is -0.351 e. The SMILES string of the molecule is O=C(c1ccc(C2CC2)[nH]c1=O)N1CCN(c2ncccc2F)CC1. The zero-order valence-corrected chi connectivity index (χ0v) is 13.7. The van der Waals surface area contributed by atoms with E-state index in [0.29, 0.717) is 37.9 Å². The number of nitrogens with one attached hydrogen (secondary N) is 1. The lowest BCUT2D eigenvalue weighted by atomic mass is 10.1. The van der Waals surface area contributed by atoms with E-state index < -0.39 is 0 Å². The van der Waals surface area contributed by atoms with E-state index in [9.17, 15) is 14.0 Å². The molecule has 25 heavy (non-hydrogen) atoms. The number of hydrogen-bond acceptors (Lipinski definition) is 4. The van der Waals surface area contributed by atoms with Crippen LogP contribution in [-0.4, -0.2) is 47.0 Å². The smallest absolute Gasteiger partial charge is 0.261 e. The molecule has 1 saturated carbocycles. The van der Waals surface area contributed by atoms with Gasteiger partial charge in [-0.3, -0.25) is 9.59 Å². The van der Waals surface area contributed by atoms with Crippen LogP contribution in [0.2, 0.25) is 0 Å². The van der Waals surface area contributed by atoms with E-state index in [-0.39, 0.29) is 22.8 Å². The molecular formula is C18H19FN4O2. The highest BCUT2D eigenvalue weighted by Gasteiger charge is 2.28. The predicted octanol–water partition coefficient (Wildman–Crippen LogP) is 1.75. The third kappa shape index (κ3) is 3.14. The third-order valence-electron chi connectivity index (χ3n) is 4.79. The first-order valence-corrected chi connectivity index (χ1v) is 8.51. The van der Waals surface area contributed by atoms with Gasteiger partial charge in [0.1, 0.15) is 5.56 Å². The van der Waals surface area contributed by atoms with Gasteiger partial charge in [0, 0.05) is 38.1 Å². The number of carbonyl (C=O) groups excluding carboxylic acids is 1. The summed E-state index contributed by atoms with van der Waals surface area (Å²) < 4.78 is 13.8. The normalized spacial score (nSPS) is 17.6. The third-order valence-corrected chi connectivity index (χ3v) is 4.79. The second-order valence-electron chi connectivity index (χ2n) is 6.52. The molecule has 1 N–H and O–H groups in total. The van der Waals surface area contributed by atoms with Gasteiger partial charge in [-0.1, -0.05) is 0 Å². The molecule has 0 atom stereocenters. The Labute approximate surface area is 144 Å². The molecule has 1 aliphatic carbocycles. The van der Waals surface area contributed by atoms with Crippen molar-refractivity contribution < 1.29 is 9.18 Å². The molecule has 4 rings (SSSR count). The lowest BCUT2D eigenvalue weighted by molar-refractivity contribution is 0.0744. The summed E-state index contributed by atoms with van der Waals surface area (Å²) in [5.41, 5.74) is 0.756. The van der Waals surface area contributed by atoms with Gasteiger partial charge in [-0.15, -0.1) is 0 Å². The van der Waals surface area contributed by atoms with Crippen LogP contribution in [0.3, 0.4) is 0 Å². The van der Waals surface area contributed by atoms with Gasteiger partial charge in [0.2, 0.25) is 0 Å². The van der Waals surface area contributed by atoms with E-state index in [0.717, 1.165) is 18.5 Å². The molecule has 2 fully saturated rings. The zero-order valence-electron chi connectivity index (χ0n) is 13.7. The van der Waals surface area contributed by atoms with Crippen molar-refractivity contribution in [1.29, 1.82) is 0 Å². The summed E-state index contributed by atoms with van der Waals surface area (Å²) in [7, 11) is 0. The predicted molar refractivity (Wildman–Crippen MR) is 91.3 cm³/mol. The highest BCUT2D eigenvalue weighted by atomic mass is 19.1. The molecule has 0 spiro atoms. The number of aromatic amines is 1. The molecule has 2 aliphatic rings. The number of carbonyl (C=O) groups is 1. The number of halogens is 1. The Hall–Kier alpha value is -2.70. The van der Waals surface area contributed by atoms with Crippen molar-refractivity contribution >= 4 is 11.7 Å². The molecule has 2 aromatic heterocycles. The molecule has 1 amide bonds. The van der Waals surface area contributed by atoms with Gasteiger partial charge in [-0.2, -0.15) is 0 Å². The summed E-state index contributed by atoms with van der Waals surface area (Å²) in [6.45, 7) is 1.83. The fourth-order valence-corrected chi connectivity index (χ4v) is 3.19. The van der Waals surface area contributed by atoms with Crippen LogP contribution in [0.4, 0.5) is 10.2 Å². The van der Waals surface area contributed by atoms with Crippen molar-refractivity contribution in [3.63, 3.8) is 0 Å². The van der Waals surface area contributed by atoms with Gasteiger partial charge in [-0.05, 0) is 43.0 Å². The van der Waals surface area contributed by atoms with E-state index in [1.807, 2.05) is 11.0 Å². The Balaban J connectivity index is 1.44. The van der Waals surface area contributed by atoms with Crippen molar-refractivity contribution in [3.05, 3.63) is 57.9 Å². The molecular weight excluding hydrogens is 323 g/mol. The number of piperazine rings is 1. The number of aromatic nitrogens is 2. The quantitative estimate of drug-likeness (QED) is 0.923. The monoisotopic (exact) mass is 342 g/mol. The van der Waals surface area contributed by atoms with Gasteiger partial charge in [0.05, 0.1) is 0 Å². The van der Waals surface area contributed by atoms with Crippen LogP contribution in [-0.2, 0) is 0 Å². The maximum atomic E-state index is 13.8. The van der Waals surface area contributed by atoms with Crippen LogP contribution in [0, 0.1) is 5.82 Å². The summed E-state index contributed by atoms with van der Waals surface area (Å²) in [5, 5.41) is 0. The van der Waals surface area contributed by atoms with Crippen LogP contribution < -0.4 is 10.5 Å². The number of amides is 1. The summed E-state index contributed by atoms with van der Waals surface area (Å²) in [6, 6.07) is 6.39. The van der Waals surface area contributed by atoms with Crippen LogP contribution >= 0.6 is 0 Å². The molecule has 130 valence electrons. The highest BCUT2D eigenvalue weighted by molar-refractivity contribution is 5.94. The lowest BCUT2D eigenvalue weighted by Crippen LogP contribution is -2.50. The first-order valence-electron chi connectivity index (χ1n) is 8.51. The average molecular weight is 342 g/mol. The standard InChI is InChI=1S/C18H19FN4O2/c19-14-2-1-7-20-16(14)22-8-10-23(11-9-22)18(25)13-5-6-15(12-3-4-12)21-17(13)24/h1-2,5-7,12H,3-4,8-11H2,(H,21,24). The van der Waals surface area contributed by atoms with E-state index >= 15 is 0 Å². The van der Waals surface area contributed by atoms with Crippen molar-refractivity contribution in [1.82, 2.24) is 14.9 Å². The van der Waals surface area contributed by atoms with Crippen LogP contribution in [0.15, 0.2) is 35.3 Å². The van der Waals surface area contributed by atoms with Gasteiger partial charge in [0.25, 0.3) is 11.5 Å². The largest absolute Gasteiger partial charge is 0.351 e. The first-order chi connectivity index (χ1) is 12.1. The molecule has 0 radical (unpaired) electrons. The minimum absolute atomic E-state index is 0.168. The molecule has 6 nitrogen and oxygen atoms in total. The second kappa shape index (κ2) is 6.31. The Kier molecular flexibility index (Phi) is 3.99. The summed E-state index contributed by atoms with van der Waals surface area (Å²) in [5.74, 6) is 0.106. The molecule has 0 aromatic carbocycles. The number of H-pyrrole nitrogens is 1. The van der Waals surface area contributed by atoms with E-state index in [2.05, 4.69) is 9.97 Å². The Morgan fingerprint density at radius 1 is 1.16 bits per heavy atom. The Bertz CT molecular complexity index is 854. The number of hydrogen-bond donors (Lipinski definition) is 1. The van der Waals surface area contributed by atoms with Crippen LogP contribution in [0.5, 0.6) is 0 Å². The molecule has 0 unspecified atom stereocenters. The van der Waals surface area contributed by atoms with Crippen molar-refractivity contribution in [2.24, 2.45) is 0 Å². The van der Waals surface area contributed by atoms with Crippen molar-refractivity contribution in [2.75, 3.05) is 31.1 Å². The van der Waals surface area contributed by atoms with Crippen LogP contribution in [0.1, 0.15) is 34.8 Å². The van der Waals surface area contributed by atoms with Crippen molar-refractivity contribution in [3.8, 4) is 0 Å². The van der Waals surface area contributed by atoms with Crippen LogP contribution in [0.25, 0.3) is 0 Å². The molecule has 2 aromatic rings. The number of pyridine rings is 2. The number of nitrogens with zero attached hydrogens (tertiary/aromatic N) is 3. The molecule has 1 aliphatic heterocycles.